The highest BCUT2D eigenvalue weighted by molar-refractivity contribution is 5.83. The molecule has 1 unspecified atom stereocenters. The SMILES string of the molecule is O=C(O)C1NCCc2c1[nH]c1nccnc21. The van der Waals surface area contributed by atoms with Gasteiger partial charge in [0, 0.05) is 24.5 Å². The first-order valence-electron chi connectivity index (χ1n) is 5.05. The Morgan fingerprint density at radius 2 is 2.25 bits per heavy atom. The summed E-state index contributed by atoms with van der Waals surface area (Å²) in [5, 5.41) is 12.0. The lowest BCUT2D eigenvalue weighted by molar-refractivity contribution is -0.139. The van der Waals surface area contributed by atoms with Crippen molar-refractivity contribution in [1.29, 1.82) is 0 Å². The number of nitrogens with zero attached hydrogens (tertiary/aromatic N) is 2. The molecule has 0 saturated carbocycles. The molecule has 1 aliphatic heterocycles. The fourth-order valence-electron chi connectivity index (χ4n) is 2.13. The van der Waals surface area contributed by atoms with Crippen LogP contribution in [0, 0.1) is 0 Å². The molecule has 6 nitrogen and oxygen atoms in total. The van der Waals surface area contributed by atoms with Crippen LogP contribution in [-0.4, -0.2) is 32.6 Å². The average molecular weight is 218 g/mol. The van der Waals surface area contributed by atoms with Gasteiger partial charge in [0.1, 0.15) is 11.6 Å². The lowest BCUT2D eigenvalue weighted by atomic mass is 10.0. The molecule has 0 radical (unpaired) electrons. The monoisotopic (exact) mass is 218 g/mol. The largest absolute Gasteiger partial charge is 0.480 e. The van der Waals surface area contributed by atoms with Crippen molar-refractivity contribution in [3.8, 4) is 0 Å². The number of aliphatic carboxylic acids is 1. The predicted molar refractivity (Wildman–Crippen MR) is 56.0 cm³/mol. The van der Waals surface area contributed by atoms with Crippen molar-refractivity contribution in [3.63, 3.8) is 0 Å². The molecule has 16 heavy (non-hydrogen) atoms. The average Bonchev–Trinajstić information content (AvgIpc) is 2.67. The number of carboxylic acid groups (broad SMARTS) is 1. The number of aromatic nitrogens is 3. The summed E-state index contributed by atoms with van der Waals surface area (Å²) in [4.78, 5) is 22.5. The molecule has 0 aliphatic carbocycles. The highest BCUT2D eigenvalue weighted by atomic mass is 16.4. The van der Waals surface area contributed by atoms with Crippen molar-refractivity contribution < 1.29 is 9.90 Å². The number of fused-ring (bicyclic) bond motifs is 3. The van der Waals surface area contributed by atoms with E-state index in [-0.39, 0.29) is 0 Å². The van der Waals surface area contributed by atoms with E-state index in [2.05, 4.69) is 20.3 Å². The molecule has 3 heterocycles. The van der Waals surface area contributed by atoms with Crippen LogP contribution >= 0.6 is 0 Å². The zero-order valence-electron chi connectivity index (χ0n) is 8.40. The Balaban J connectivity index is 2.25. The molecule has 82 valence electrons. The summed E-state index contributed by atoms with van der Waals surface area (Å²) in [6.45, 7) is 0.646. The fraction of sp³-hybridized carbons (Fsp3) is 0.300. The van der Waals surface area contributed by atoms with Crippen LogP contribution in [0.5, 0.6) is 0 Å². The van der Waals surface area contributed by atoms with E-state index in [0.717, 1.165) is 17.5 Å². The van der Waals surface area contributed by atoms with E-state index in [9.17, 15) is 4.79 Å². The maximum Gasteiger partial charge on any atom is 0.326 e. The third-order valence-electron chi connectivity index (χ3n) is 2.82. The Kier molecular flexibility index (Phi) is 1.90. The summed E-state index contributed by atoms with van der Waals surface area (Å²) < 4.78 is 0. The van der Waals surface area contributed by atoms with Gasteiger partial charge in [-0.2, -0.15) is 0 Å². The molecule has 0 aromatic carbocycles. The number of rotatable bonds is 1. The molecule has 1 atom stereocenters. The lowest BCUT2D eigenvalue weighted by Crippen LogP contribution is -2.34. The summed E-state index contributed by atoms with van der Waals surface area (Å²) in [6.07, 6.45) is 3.99. The number of carbonyl (C=O) groups is 1. The lowest BCUT2D eigenvalue weighted by Gasteiger charge is -2.19. The summed E-state index contributed by atoms with van der Waals surface area (Å²) in [5.74, 6) is -0.882. The second-order valence-electron chi connectivity index (χ2n) is 3.75. The first-order valence-corrected chi connectivity index (χ1v) is 5.05. The maximum absolute atomic E-state index is 11.1. The minimum atomic E-state index is -0.882. The molecule has 0 spiro atoms. The minimum absolute atomic E-state index is 0.646. The molecule has 0 amide bonds. The van der Waals surface area contributed by atoms with E-state index < -0.39 is 12.0 Å². The van der Waals surface area contributed by atoms with Crippen LogP contribution in [-0.2, 0) is 11.2 Å². The van der Waals surface area contributed by atoms with Crippen LogP contribution in [0.25, 0.3) is 11.2 Å². The van der Waals surface area contributed by atoms with Crippen molar-refractivity contribution >= 4 is 17.1 Å². The Morgan fingerprint density at radius 3 is 3.06 bits per heavy atom. The molecule has 3 N–H and O–H groups in total. The van der Waals surface area contributed by atoms with Crippen LogP contribution in [0.3, 0.4) is 0 Å². The van der Waals surface area contributed by atoms with Crippen molar-refractivity contribution in [2.45, 2.75) is 12.5 Å². The predicted octanol–water partition coefficient (Wildman–Crippen LogP) is 0.229. The van der Waals surface area contributed by atoms with Gasteiger partial charge in [-0.3, -0.25) is 15.1 Å². The Bertz CT molecular complexity index is 563. The molecule has 0 bridgehead atoms. The number of carboxylic acids is 1. The van der Waals surface area contributed by atoms with E-state index in [0.29, 0.717) is 17.9 Å². The summed E-state index contributed by atoms with van der Waals surface area (Å²) >= 11 is 0. The van der Waals surface area contributed by atoms with Crippen LogP contribution in [0.2, 0.25) is 0 Å². The van der Waals surface area contributed by atoms with Gasteiger partial charge in [-0.25, -0.2) is 4.98 Å². The van der Waals surface area contributed by atoms with E-state index in [1.807, 2.05) is 0 Å². The fourth-order valence-corrected chi connectivity index (χ4v) is 2.13. The van der Waals surface area contributed by atoms with Gasteiger partial charge in [-0.15, -0.1) is 0 Å². The molecule has 1 aliphatic rings. The highest BCUT2D eigenvalue weighted by Gasteiger charge is 2.29. The van der Waals surface area contributed by atoms with E-state index in [1.54, 1.807) is 12.4 Å². The minimum Gasteiger partial charge on any atom is -0.480 e. The maximum atomic E-state index is 11.1. The number of H-pyrrole nitrogens is 1. The second kappa shape index (κ2) is 3.28. The number of hydrogen-bond donors (Lipinski definition) is 3. The van der Waals surface area contributed by atoms with Crippen molar-refractivity contribution in [1.82, 2.24) is 20.3 Å². The van der Waals surface area contributed by atoms with Gasteiger partial charge in [0.05, 0.1) is 5.69 Å². The first-order chi connectivity index (χ1) is 7.77. The van der Waals surface area contributed by atoms with Gasteiger partial charge in [-0.05, 0) is 6.42 Å². The van der Waals surface area contributed by atoms with Gasteiger partial charge in [0.25, 0.3) is 0 Å². The smallest absolute Gasteiger partial charge is 0.326 e. The summed E-state index contributed by atoms with van der Waals surface area (Å²) in [5.41, 5.74) is 3.09. The van der Waals surface area contributed by atoms with Gasteiger partial charge in [0.15, 0.2) is 5.65 Å². The van der Waals surface area contributed by atoms with E-state index in [1.165, 1.54) is 0 Å². The molecule has 3 rings (SSSR count). The van der Waals surface area contributed by atoms with Crippen LogP contribution in [0.4, 0.5) is 0 Å². The van der Waals surface area contributed by atoms with Gasteiger partial charge >= 0.3 is 5.97 Å². The molecular formula is C10H10N4O2. The van der Waals surface area contributed by atoms with Crippen LogP contribution < -0.4 is 5.32 Å². The van der Waals surface area contributed by atoms with Crippen LogP contribution in [0.15, 0.2) is 12.4 Å². The first kappa shape index (κ1) is 9.29. The number of aromatic amines is 1. The molecule has 0 fully saturated rings. The Labute approximate surface area is 90.7 Å². The molecule has 6 heteroatoms. The van der Waals surface area contributed by atoms with E-state index >= 15 is 0 Å². The molecular weight excluding hydrogens is 208 g/mol. The van der Waals surface area contributed by atoms with Crippen molar-refractivity contribution in [2.24, 2.45) is 0 Å². The third kappa shape index (κ3) is 1.20. The second-order valence-corrected chi connectivity index (χ2v) is 3.75. The normalized spacial score (nSPS) is 19.6. The number of nitrogens with one attached hydrogen (secondary N) is 2. The van der Waals surface area contributed by atoms with Gasteiger partial charge < -0.3 is 10.1 Å². The van der Waals surface area contributed by atoms with Crippen molar-refractivity contribution in [3.05, 3.63) is 23.7 Å². The standard InChI is InChI=1S/C10H10N4O2/c15-10(16)8-6-5(1-2-11-8)7-9(14-6)13-4-3-12-7/h3-4,8,11H,1-2H2,(H,13,14)(H,15,16). The molecule has 2 aromatic rings. The zero-order chi connectivity index (χ0) is 11.1. The third-order valence-corrected chi connectivity index (χ3v) is 2.82. The van der Waals surface area contributed by atoms with Gasteiger partial charge in [0.2, 0.25) is 0 Å². The zero-order valence-corrected chi connectivity index (χ0v) is 8.40. The summed E-state index contributed by atoms with van der Waals surface area (Å²) in [6, 6.07) is -0.681. The van der Waals surface area contributed by atoms with Gasteiger partial charge in [-0.1, -0.05) is 0 Å². The quantitative estimate of drug-likeness (QED) is 0.637. The molecule has 2 aromatic heterocycles. The highest BCUT2D eigenvalue weighted by Crippen LogP contribution is 2.27. The topological polar surface area (TPSA) is 90.9 Å². The Hall–Kier alpha value is -1.95. The number of hydrogen-bond acceptors (Lipinski definition) is 4. The van der Waals surface area contributed by atoms with Crippen molar-refractivity contribution in [2.75, 3.05) is 6.54 Å². The molecule has 0 saturated heterocycles. The Morgan fingerprint density at radius 1 is 1.44 bits per heavy atom. The van der Waals surface area contributed by atoms with E-state index in [4.69, 9.17) is 5.11 Å². The summed E-state index contributed by atoms with van der Waals surface area (Å²) in [7, 11) is 0. The van der Waals surface area contributed by atoms with Crippen LogP contribution in [0.1, 0.15) is 17.3 Å².